The summed E-state index contributed by atoms with van der Waals surface area (Å²) >= 11 is 0. The van der Waals surface area contributed by atoms with Crippen molar-refractivity contribution in [1.82, 2.24) is 0 Å². The number of hydrogen-bond acceptors (Lipinski definition) is 12. The lowest BCUT2D eigenvalue weighted by molar-refractivity contribution is -0.231. The molecular weight excluding hydrogens is 1670 g/mol. The fourth-order valence-corrected chi connectivity index (χ4v) is 35.1. The van der Waals surface area contributed by atoms with Crippen LogP contribution in [0, 0.1) is 212 Å². The average Bonchev–Trinajstić information content (AvgIpc) is 1.55. The Kier molecular flexibility index (Phi) is 45.0. The Hall–Kier alpha value is -3.18. The van der Waals surface area contributed by atoms with Gasteiger partial charge in [-0.25, -0.2) is 0 Å². The van der Waals surface area contributed by atoms with Gasteiger partial charge in [0.2, 0.25) is 0 Å². The standard InChI is InChI=1S/C20H32O2.C19H30O2.C19H32O2.C18H28O2.C18H30O2.C17H30O2.12CH4/c1-5-19(3,4)18(21)22-20(6-2)11-14-10-15(20)17-13-8-7-12(9-13)16(14)17;1-4-11(3)18(20)21-19(5-2)10-14-9-15(19)17-13-7-6-12(8-13)16(14)17;1-6-18(4,5)17(20)21-19(12(2)3)15-8-13-7-14(10-15)11-16(19)9-13;1-4-10(2)17(19)20-18(3)9-13-8-14(18)16-12-6-5-11(7-12)15(13)16;1-5-12(4)17(19)20-18(11(2)3)15-7-13-6-14(9-15)10-16(18)8-13;1-5-16(2,3)15(18)19-17(4)12-8-10-13-9-6-7-11-14(13)17;;;;;;;;;;;;/h12-17H,5-11H2,1-4H3;11-17H,4-10H2,1-3H3;12-16H,6-11H2,1-5H3;10-16H,4-9H2,1-3H3;11-16H,5-10H2,1-4H3;13-14H,5-12H2,1-4H3;12*1H4. The molecule has 0 saturated heterocycles. The van der Waals surface area contributed by atoms with E-state index in [1.807, 2.05) is 62.3 Å². The maximum atomic E-state index is 12.8. The summed E-state index contributed by atoms with van der Waals surface area (Å²) in [6, 6.07) is 0. The molecule has 0 radical (unpaired) electrons. The Labute approximate surface area is 838 Å². The molecule has 135 heavy (non-hydrogen) atoms. The van der Waals surface area contributed by atoms with Crippen LogP contribution in [0.5, 0.6) is 0 Å². The summed E-state index contributed by atoms with van der Waals surface area (Å²) in [5, 5.41) is 0. The van der Waals surface area contributed by atoms with Gasteiger partial charge in [0.25, 0.3) is 0 Å². The van der Waals surface area contributed by atoms with Crippen molar-refractivity contribution in [3.63, 3.8) is 0 Å². The summed E-state index contributed by atoms with van der Waals surface area (Å²) in [6.45, 7) is 48.6. The second kappa shape index (κ2) is 48.2. The van der Waals surface area contributed by atoms with Gasteiger partial charge in [-0.3, -0.25) is 28.8 Å². The van der Waals surface area contributed by atoms with Crippen LogP contribution in [0.2, 0.25) is 0 Å². The molecule has 22 rings (SSSR count). The fourth-order valence-electron chi connectivity index (χ4n) is 35.1. The van der Waals surface area contributed by atoms with Crippen LogP contribution in [0.15, 0.2) is 0 Å². The molecule has 27 atom stereocenters. The van der Waals surface area contributed by atoms with E-state index in [1.165, 1.54) is 186 Å². The molecule has 0 aromatic heterocycles. The van der Waals surface area contributed by atoms with Crippen LogP contribution >= 0.6 is 0 Å². The second-order valence-corrected chi connectivity index (χ2v) is 50.6. The molecule has 0 N–H and O–H groups in total. The third-order valence-electron chi connectivity index (χ3n) is 42.8. The van der Waals surface area contributed by atoms with Gasteiger partial charge in [-0.05, 0) is 447 Å². The minimum absolute atomic E-state index is 0. The zero-order chi connectivity index (χ0) is 88.5. The summed E-state index contributed by atoms with van der Waals surface area (Å²) in [5.41, 5.74) is -1.91. The molecule has 0 amide bonds. The van der Waals surface area contributed by atoms with Gasteiger partial charge in [-0.15, -0.1) is 0 Å². The van der Waals surface area contributed by atoms with Crippen molar-refractivity contribution in [2.45, 2.75) is 539 Å². The van der Waals surface area contributed by atoms with E-state index < -0.39 is 0 Å². The number of hydrogen-bond donors (Lipinski definition) is 0. The van der Waals surface area contributed by atoms with Gasteiger partial charge in [0.05, 0.1) is 34.0 Å². The van der Waals surface area contributed by atoms with Crippen LogP contribution < -0.4 is 0 Å². The molecule has 794 valence electrons. The first kappa shape index (κ1) is 126. The van der Waals surface area contributed by atoms with E-state index in [-0.39, 0.29) is 193 Å². The molecule has 0 aliphatic heterocycles. The average molecular weight is 1900 g/mol. The van der Waals surface area contributed by atoms with Crippen LogP contribution in [0.25, 0.3) is 0 Å². The Balaban J connectivity index is 0.000000410. The van der Waals surface area contributed by atoms with Gasteiger partial charge >= 0.3 is 35.8 Å². The molecule has 22 saturated carbocycles. The summed E-state index contributed by atoms with van der Waals surface area (Å²) in [4.78, 5) is 75.0. The first-order valence-corrected chi connectivity index (χ1v) is 53.6. The van der Waals surface area contributed by atoms with Gasteiger partial charge in [-0.1, -0.05) is 212 Å². The monoisotopic (exact) mass is 1900 g/mol. The number of fused-ring (bicyclic) bond motifs is 28. The second-order valence-electron chi connectivity index (χ2n) is 50.6. The lowest BCUT2D eigenvalue weighted by atomic mass is 9.47. The van der Waals surface area contributed by atoms with Gasteiger partial charge in [0.1, 0.15) is 33.6 Å². The molecule has 22 aliphatic rings. The lowest BCUT2D eigenvalue weighted by Crippen LogP contribution is -2.63. The predicted molar refractivity (Wildman–Crippen MR) is 571 cm³/mol. The van der Waals surface area contributed by atoms with Crippen molar-refractivity contribution in [1.29, 1.82) is 0 Å². The summed E-state index contributed by atoms with van der Waals surface area (Å²) in [5.74, 6) is 25.0. The number of ether oxygens (including phenoxy) is 6. The number of rotatable bonds is 22. The van der Waals surface area contributed by atoms with Crippen LogP contribution in [-0.4, -0.2) is 69.4 Å². The SMILES string of the molecule is C.C.C.C.C.C.C.C.C.C.C.C.CCC(C)(C)C(=O)OC1(C(C)C)C2CC3CC(C2)CC1C3.CCC(C)(C)C(=O)OC1(C)CCCC2CCCCC21.CCC(C)(C)C(=O)OC1(CC)CC2CC1C1C3CCC(C3)C21.CCC(C)C(=O)OC1(C(C)C)C2CC3CC(C2)CC1C3.CCC(C)C(=O)OC1(C)CC2CC1C1C3CCC(C3)C21.CCC(C)C(=O)OC1(CC)CC2CC1C1C3CCC(C3)C21. The van der Waals surface area contributed by atoms with E-state index in [9.17, 15) is 28.8 Å². The van der Waals surface area contributed by atoms with Crippen molar-refractivity contribution in [3.05, 3.63) is 0 Å². The molecule has 12 heteroatoms. The topological polar surface area (TPSA) is 158 Å². The van der Waals surface area contributed by atoms with Crippen molar-refractivity contribution < 1.29 is 57.2 Å². The minimum atomic E-state index is -0.351. The van der Waals surface area contributed by atoms with Gasteiger partial charge in [0, 0.05) is 23.7 Å². The quantitative estimate of drug-likeness (QED) is 0.0575. The third kappa shape index (κ3) is 22.6. The summed E-state index contributed by atoms with van der Waals surface area (Å²) < 4.78 is 37.3. The maximum absolute atomic E-state index is 12.8. The predicted octanol–water partition coefficient (Wildman–Crippen LogP) is 34.9. The van der Waals surface area contributed by atoms with E-state index in [0.717, 1.165) is 189 Å². The zero-order valence-electron chi connectivity index (χ0n) is 82.7. The van der Waals surface area contributed by atoms with Crippen LogP contribution in [-0.2, 0) is 57.2 Å². The smallest absolute Gasteiger partial charge is 0.312 e. The van der Waals surface area contributed by atoms with Gasteiger partial charge in [-0.2, -0.15) is 0 Å². The Morgan fingerprint density at radius 3 is 0.933 bits per heavy atom. The summed E-state index contributed by atoms with van der Waals surface area (Å²) in [7, 11) is 0. The number of carbonyl (C=O) groups is 6. The third-order valence-corrected chi connectivity index (χ3v) is 42.8. The molecular formula is C123H230O12. The van der Waals surface area contributed by atoms with E-state index in [1.54, 1.807) is 0 Å². The largest absolute Gasteiger partial charge is 0.459 e. The van der Waals surface area contributed by atoms with Gasteiger partial charge < -0.3 is 28.4 Å². The molecule has 0 aromatic carbocycles. The molecule has 27 unspecified atom stereocenters. The van der Waals surface area contributed by atoms with Gasteiger partial charge in [0.15, 0.2) is 0 Å². The van der Waals surface area contributed by atoms with E-state index >= 15 is 0 Å². The number of carbonyl (C=O) groups excluding carboxylic acids is 6. The molecule has 0 spiro atoms. The number of esters is 6. The van der Waals surface area contributed by atoms with E-state index in [0.29, 0.717) is 59.2 Å². The Bertz CT molecular complexity index is 3650. The van der Waals surface area contributed by atoms with E-state index in [4.69, 9.17) is 28.4 Å². The molecule has 22 fully saturated rings. The van der Waals surface area contributed by atoms with Crippen LogP contribution in [0.1, 0.15) is 505 Å². The van der Waals surface area contributed by atoms with Crippen LogP contribution in [0.3, 0.4) is 0 Å². The Morgan fingerprint density at radius 1 is 0.281 bits per heavy atom. The first-order valence-electron chi connectivity index (χ1n) is 53.6. The maximum Gasteiger partial charge on any atom is 0.312 e. The van der Waals surface area contributed by atoms with Crippen molar-refractivity contribution in [2.75, 3.05) is 0 Å². The molecule has 0 aromatic rings. The molecule has 12 nitrogen and oxygen atoms in total. The zero-order valence-corrected chi connectivity index (χ0v) is 82.7. The minimum Gasteiger partial charge on any atom is -0.459 e. The summed E-state index contributed by atoms with van der Waals surface area (Å²) in [6.07, 6.45) is 50.2. The normalized spacial score (nSPS) is 41.8. The van der Waals surface area contributed by atoms with Crippen molar-refractivity contribution in [3.8, 4) is 0 Å². The highest BCUT2D eigenvalue weighted by molar-refractivity contribution is 5.78. The molecule has 20 bridgehead atoms. The highest BCUT2D eigenvalue weighted by atomic mass is 16.6. The lowest BCUT2D eigenvalue weighted by Gasteiger charge is -2.62. The molecule has 0 heterocycles. The fraction of sp³-hybridized carbons (Fsp3) is 0.951. The first-order chi connectivity index (χ1) is 58.2. The van der Waals surface area contributed by atoms with Crippen molar-refractivity contribution >= 4 is 35.8 Å². The Morgan fingerprint density at radius 2 is 0.578 bits per heavy atom. The highest BCUT2D eigenvalue weighted by Gasteiger charge is 2.72. The highest BCUT2D eigenvalue weighted by Crippen LogP contribution is 2.75. The van der Waals surface area contributed by atoms with Crippen molar-refractivity contribution in [2.24, 2.45) is 212 Å². The molecule has 22 aliphatic carbocycles. The van der Waals surface area contributed by atoms with E-state index in [2.05, 4.69) is 96.9 Å². The van der Waals surface area contributed by atoms with Crippen LogP contribution in [0.4, 0.5) is 0 Å².